The molecule has 1 N–H and O–H groups in total. The first-order chi connectivity index (χ1) is 12.6. The summed E-state index contributed by atoms with van der Waals surface area (Å²) in [5.41, 5.74) is 1.55. The summed E-state index contributed by atoms with van der Waals surface area (Å²) in [5, 5.41) is 3.10. The lowest BCUT2D eigenvalue weighted by molar-refractivity contribution is -0.133. The van der Waals surface area contributed by atoms with E-state index in [0.29, 0.717) is 6.42 Å². The summed E-state index contributed by atoms with van der Waals surface area (Å²) in [7, 11) is 0. The Labute approximate surface area is 156 Å². The Morgan fingerprint density at radius 3 is 2.50 bits per heavy atom. The van der Waals surface area contributed by atoms with Crippen LogP contribution in [0.2, 0.25) is 0 Å². The van der Waals surface area contributed by atoms with Crippen LogP contribution in [0.5, 0.6) is 0 Å². The molecule has 142 valence electrons. The molecule has 5 nitrogen and oxygen atoms in total. The van der Waals surface area contributed by atoms with E-state index in [9.17, 15) is 9.59 Å². The van der Waals surface area contributed by atoms with Gasteiger partial charge in [-0.25, -0.2) is 0 Å². The number of hydrogen-bond donors (Lipinski definition) is 1. The van der Waals surface area contributed by atoms with E-state index in [4.69, 9.17) is 0 Å². The summed E-state index contributed by atoms with van der Waals surface area (Å²) >= 11 is 0. The van der Waals surface area contributed by atoms with Gasteiger partial charge >= 0.3 is 0 Å². The first-order valence-electron chi connectivity index (χ1n) is 9.91. The van der Waals surface area contributed by atoms with Gasteiger partial charge in [0.05, 0.1) is 6.54 Å². The largest absolute Gasteiger partial charge is 0.354 e. The Hall–Kier alpha value is -1.88. The van der Waals surface area contributed by atoms with Crippen LogP contribution in [0.4, 0.5) is 0 Å². The molecule has 0 radical (unpaired) electrons. The molecule has 2 amide bonds. The molecule has 0 unspecified atom stereocenters. The number of nitrogens with one attached hydrogen (secondary N) is 1. The van der Waals surface area contributed by atoms with Crippen LogP contribution in [0.15, 0.2) is 30.3 Å². The first-order valence-corrected chi connectivity index (χ1v) is 9.91. The highest BCUT2D eigenvalue weighted by Gasteiger charge is 2.33. The number of piperidine rings is 1. The highest BCUT2D eigenvalue weighted by Crippen LogP contribution is 2.34. The fourth-order valence-corrected chi connectivity index (χ4v) is 4.07. The molecular formula is C21H31N3O2. The van der Waals surface area contributed by atoms with Gasteiger partial charge < -0.3 is 10.2 Å². The van der Waals surface area contributed by atoms with Crippen LogP contribution in [0, 0.1) is 5.41 Å². The van der Waals surface area contributed by atoms with Crippen molar-refractivity contribution >= 4 is 11.8 Å². The van der Waals surface area contributed by atoms with Crippen molar-refractivity contribution in [2.75, 3.05) is 32.7 Å². The lowest BCUT2D eigenvalue weighted by atomic mass is 9.76. The Morgan fingerprint density at radius 2 is 1.88 bits per heavy atom. The molecule has 26 heavy (non-hydrogen) atoms. The summed E-state index contributed by atoms with van der Waals surface area (Å²) in [6, 6.07) is 10.6. The number of likely N-dealkylation sites (tertiary alicyclic amines) is 2. The first kappa shape index (κ1) is 18.9. The third kappa shape index (κ3) is 4.85. The summed E-state index contributed by atoms with van der Waals surface area (Å²) in [6.45, 7) is 7.04. The van der Waals surface area contributed by atoms with Crippen molar-refractivity contribution in [2.45, 2.75) is 45.6 Å². The van der Waals surface area contributed by atoms with Crippen molar-refractivity contribution in [3.8, 4) is 0 Å². The van der Waals surface area contributed by atoms with Crippen LogP contribution in [0.1, 0.15) is 44.6 Å². The normalized spacial score (nSPS) is 20.3. The van der Waals surface area contributed by atoms with Crippen LogP contribution in [-0.2, 0) is 16.1 Å². The van der Waals surface area contributed by atoms with Gasteiger partial charge in [-0.1, -0.05) is 37.3 Å². The molecule has 2 aliphatic heterocycles. The summed E-state index contributed by atoms with van der Waals surface area (Å²) in [5.74, 6) is 0.0966. The maximum Gasteiger partial charge on any atom is 0.239 e. The number of rotatable bonds is 7. The number of nitrogens with zero attached hydrogens (tertiary/aromatic N) is 2. The van der Waals surface area contributed by atoms with E-state index < -0.39 is 0 Å². The molecule has 0 aromatic heterocycles. The molecule has 0 saturated carbocycles. The third-order valence-electron chi connectivity index (χ3n) is 6.08. The van der Waals surface area contributed by atoms with Gasteiger partial charge in [0.15, 0.2) is 0 Å². The zero-order valence-corrected chi connectivity index (χ0v) is 15.9. The molecule has 5 heteroatoms. The minimum Gasteiger partial charge on any atom is -0.354 e. The Morgan fingerprint density at radius 1 is 1.15 bits per heavy atom. The van der Waals surface area contributed by atoms with Gasteiger partial charge in [0.1, 0.15) is 0 Å². The van der Waals surface area contributed by atoms with E-state index in [0.717, 1.165) is 58.4 Å². The Balaban J connectivity index is 1.44. The molecule has 0 atom stereocenters. The zero-order valence-electron chi connectivity index (χ0n) is 15.9. The maximum absolute atomic E-state index is 12.2. The predicted molar refractivity (Wildman–Crippen MR) is 103 cm³/mol. The third-order valence-corrected chi connectivity index (χ3v) is 6.08. The highest BCUT2D eigenvalue weighted by molar-refractivity contribution is 5.85. The molecule has 2 fully saturated rings. The van der Waals surface area contributed by atoms with Crippen LogP contribution in [0.3, 0.4) is 0 Å². The molecular weight excluding hydrogens is 326 g/mol. The van der Waals surface area contributed by atoms with E-state index >= 15 is 0 Å². The fraction of sp³-hybridized carbons (Fsp3) is 0.619. The van der Waals surface area contributed by atoms with Crippen molar-refractivity contribution in [1.29, 1.82) is 0 Å². The minimum absolute atomic E-state index is 0.0141. The average Bonchev–Trinajstić information content (AvgIpc) is 3.07. The molecule has 2 heterocycles. The molecule has 3 rings (SSSR count). The number of carbonyl (C=O) groups excluding carboxylic acids is 2. The fourth-order valence-electron chi connectivity index (χ4n) is 4.07. The van der Waals surface area contributed by atoms with Crippen molar-refractivity contribution in [3.05, 3.63) is 35.9 Å². The second kappa shape index (κ2) is 8.67. The topological polar surface area (TPSA) is 52.7 Å². The summed E-state index contributed by atoms with van der Waals surface area (Å²) in [4.78, 5) is 28.1. The highest BCUT2D eigenvalue weighted by atomic mass is 16.2. The van der Waals surface area contributed by atoms with Gasteiger partial charge in [0, 0.05) is 26.1 Å². The SMILES string of the molecule is CCC1(CNC(=O)CN2CCCC2=O)CCN(Cc2ccccc2)CC1. The minimum atomic E-state index is -0.0141. The molecule has 2 saturated heterocycles. The number of benzene rings is 1. The average molecular weight is 357 g/mol. The molecule has 0 spiro atoms. The standard InChI is InChI=1S/C21H31N3O2/c1-2-21(17-22-19(25)16-24-12-6-9-20(24)26)10-13-23(14-11-21)15-18-7-4-3-5-8-18/h3-5,7-8H,2,6,9-17H2,1H3,(H,22,25). The van der Waals surface area contributed by atoms with Crippen LogP contribution >= 0.6 is 0 Å². The number of hydrogen-bond acceptors (Lipinski definition) is 3. The van der Waals surface area contributed by atoms with Crippen molar-refractivity contribution in [2.24, 2.45) is 5.41 Å². The number of amides is 2. The van der Waals surface area contributed by atoms with E-state index in [1.165, 1.54) is 5.56 Å². The van der Waals surface area contributed by atoms with E-state index in [2.05, 4.69) is 47.5 Å². The lowest BCUT2D eigenvalue weighted by Crippen LogP contribution is -2.47. The summed E-state index contributed by atoms with van der Waals surface area (Å²) < 4.78 is 0. The van der Waals surface area contributed by atoms with Crippen LogP contribution in [0.25, 0.3) is 0 Å². The predicted octanol–water partition coefficient (Wildman–Crippen LogP) is 2.42. The number of carbonyl (C=O) groups is 2. The van der Waals surface area contributed by atoms with Gasteiger partial charge in [-0.2, -0.15) is 0 Å². The molecule has 1 aromatic carbocycles. The Kier molecular flexibility index (Phi) is 6.30. The van der Waals surface area contributed by atoms with Crippen molar-refractivity contribution in [3.63, 3.8) is 0 Å². The quantitative estimate of drug-likeness (QED) is 0.815. The van der Waals surface area contributed by atoms with Crippen LogP contribution < -0.4 is 5.32 Å². The van der Waals surface area contributed by atoms with Gasteiger partial charge in [0.2, 0.25) is 11.8 Å². The van der Waals surface area contributed by atoms with Gasteiger partial charge in [-0.15, -0.1) is 0 Å². The molecule has 0 aliphatic carbocycles. The molecule has 1 aromatic rings. The zero-order chi connectivity index (χ0) is 18.4. The molecule has 0 bridgehead atoms. The van der Waals surface area contributed by atoms with E-state index in [1.807, 2.05) is 0 Å². The van der Waals surface area contributed by atoms with Gasteiger partial charge in [-0.05, 0) is 49.8 Å². The smallest absolute Gasteiger partial charge is 0.239 e. The molecule has 2 aliphatic rings. The lowest BCUT2D eigenvalue weighted by Gasteiger charge is -2.41. The van der Waals surface area contributed by atoms with E-state index in [-0.39, 0.29) is 23.8 Å². The second-order valence-electron chi connectivity index (χ2n) is 7.81. The monoisotopic (exact) mass is 357 g/mol. The van der Waals surface area contributed by atoms with Gasteiger partial charge in [-0.3, -0.25) is 14.5 Å². The second-order valence-corrected chi connectivity index (χ2v) is 7.81. The van der Waals surface area contributed by atoms with Gasteiger partial charge in [0.25, 0.3) is 0 Å². The Bertz CT molecular complexity index is 609. The maximum atomic E-state index is 12.2. The summed E-state index contributed by atoms with van der Waals surface area (Å²) in [6.07, 6.45) is 4.76. The van der Waals surface area contributed by atoms with Crippen LogP contribution in [-0.4, -0.2) is 54.3 Å². The van der Waals surface area contributed by atoms with Crippen molar-refractivity contribution in [1.82, 2.24) is 15.1 Å². The van der Waals surface area contributed by atoms with Crippen molar-refractivity contribution < 1.29 is 9.59 Å². The van der Waals surface area contributed by atoms with E-state index in [1.54, 1.807) is 4.90 Å².